The van der Waals surface area contributed by atoms with Crippen molar-refractivity contribution in [3.8, 4) is 0 Å². The Morgan fingerprint density at radius 2 is 2.29 bits per heavy atom. The Kier molecular flexibility index (Phi) is 8.51. The molecule has 7 heavy (non-hydrogen) atoms. The van der Waals surface area contributed by atoms with Gasteiger partial charge in [-0.25, -0.2) is 4.79 Å². The van der Waals surface area contributed by atoms with E-state index in [9.17, 15) is 9.59 Å². The Balaban J connectivity index is -0.000000125. The number of amides is 3. The van der Waals surface area contributed by atoms with E-state index in [4.69, 9.17) is 0 Å². The quantitative estimate of drug-likeness (QED) is 0.267. The van der Waals surface area contributed by atoms with E-state index in [2.05, 4.69) is 5.73 Å². The van der Waals surface area contributed by atoms with Crippen molar-refractivity contribution in [1.29, 1.82) is 0 Å². The minimum atomic E-state index is -0.829. The zero-order valence-corrected chi connectivity index (χ0v) is 5.97. The molecule has 0 bridgehead atoms. The molecule has 0 spiro atoms. The molecule has 5 heteroatoms. The van der Waals surface area contributed by atoms with Crippen LogP contribution in [0.15, 0.2) is 0 Å². The van der Waals surface area contributed by atoms with Crippen LogP contribution in [0, 0.1) is 0 Å². The summed E-state index contributed by atoms with van der Waals surface area (Å²) in [6.07, 6.45) is 0.225. The molecule has 0 fully saturated rings. The molecule has 36 valence electrons. The van der Waals surface area contributed by atoms with Crippen LogP contribution >= 0.6 is 0 Å². The van der Waals surface area contributed by atoms with Crippen LogP contribution in [0.1, 0.15) is 1.43 Å². The largest absolute Gasteiger partial charge is 1.00 e. The molecular weight excluding hydrogens is 107 g/mol. The zero-order chi connectivity index (χ0) is 4.99. The Labute approximate surface area is 64.2 Å². The summed E-state index contributed by atoms with van der Waals surface area (Å²) in [6, 6.07) is -0.829. The van der Waals surface area contributed by atoms with E-state index in [1.807, 2.05) is 0 Å². The zero-order valence-electron chi connectivity index (χ0n) is 4.97. The minimum Gasteiger partial charge on any atom is -1.00 e. The molecule has 4 nitrogen and oxygen atoms in total. The van der Waals surface area contributed by atoms with E-state index in [0.29, 0.717) is 0 Å². The monoisotopic (exact) mass is 112 g/mol. The Bertz CT molecular complexity index is 78.4. The first-order valence-electron chi connectivity index (χ1n) is 1.27. The van der Waals surface area contributed by atoms with Gasteiger partial charge in [0.15, 0.2) is 0 Å². The number of imide groups is 1. The Hall–Kier alpha value is -0.0600. The number of nitrogens with one attached hydrogen (secondary N) is 1. The average molecular weight is 112 g/mol. The summed E-state index contributed by atoms with van der Waals surface area (Å²) in [5, 5.41) is 1.67. The first-order valence-corrected chi connectivity index (χ1v) is 1.27. The third-order valence-electron chi connectivity index (χ3n) is 0.201. The van der Waals surface area contributed by atoms with E-state index < -0.39 is 6.03 Å². The van der Waals surface area contributed by atoms with Gasteiger partial charge in [0.2, 0.25) is 6.41 Å². The summed E-state index contributed by atoms with van der Waals surface area (Å²) in [5.74, 6) is 0. The van der Waals surface area contributed by atoms with Crippen LogP contribution < -0.4 is 40.6 Å². The molecule has 0 radical (unpaired) electrons. The molecule has 0 aromatic carbocycles. The first kappa shape index (κ1) is 10.0. The van der Waals surface area contributed by atoms with E-state index in [1.54, 1.807) is 5.32 Å². The summed E-state index contributed by atoms with van der Waals surface area (Å²) in [7, 11) is 0. The van der Waals surface area contributed by atoms with E-state index in [-0.39, 0.29) is 37.4 Å². The van der Waals surface area contributed by atoms with Crippen molar-refractivity contribution in [3.05, 3.63) is 0 Å². The SMILES string of the molecule is NC(=O)NC=O.[H-].[Na+]. The van der Waals surface area contributed by atoms with Crippen molar-refractivity contribution in [2.45, 2.75) is 0 Å². The van der Waals surface area contributed by atoms with E-state index in [1.165, 1.54) is 0 Å². The smallest absolute Gasteiger partial charge is 1.00 e. The van der Waals surface area contributed by atoms with Gasteiger partial charge in [-0.3, -0.25) is 10.1 Å². The van der Waals surface area contributed by atoms with Gasteiger partial charge in [0.05, 0.1) is 0 Å². The molecule has 0 aliphatic heterocycles. The molecular formula is C2H5N2NaO2. The number of hydrogen-bond acceptors (Lipinski definition) is 2. The van der Waals surface area contributed by atoms with Crippen LogP contribution in [0.3, 0.4) is 0 Å². The maximum atomic E-state index is 9.48. The van der Waals surface area contributed by atoms with Crippen molar-refractivity contribution in [3.63, 3.8) is 0 Å². The third-order valence-corrected chi connectivity index (χ3v) is 0.201. The van der Waals surface area contributed by atoms with Gasteiger partial charge >= 0.3 is 35.6 Å². The summed E-state index contributed by atoms with van der Waals surface area (Å²) in [5.41, 5.74) is 4.42. The van der Waals surface area contributed by atoms with Gasteiger partial charge in [-0.05, 0) is 0 Å². The third kappa shape index (κ3) is 10.7. The molecule has 3 N–H and O–H groups in total. The standard InChI is InChI=1S/C2H4N2O2.Na.H/c3-2(6)4-1-5;;/h1H,(H3,3,4,5,6);;/q;+1;-1. The van der Waals surface area contributed by atoms with Gasteiger partial charge in [-0.1, -0.05) is 0 Å². The molecule has 0 aromatic heterocycles. The number of urea groups is 1. The van der Waals surface area contributed by atoms with Crippen LogP contribution in [0.5, 0.6) is 0 Å². The molecule has 0 rings (SSSR count). The average Bonchev–Trinajstić information content (AvgIpc) is 1.35. The van der Waals surface area contributed by atoms with Crippen molar-refractivity contribution < 1.29 is 40.6 Å². The van der Waals surface area contributed by atoms with Crippen LogP contribution in [-0.4, -0.2) is 12.4 Å². The number of carbonyl (C=O) groups excluding carboxylic acids is 2. The van der Waals surface area contributed by atoms with Gasteiger partial charge in [-0.2, -0.15) is 0 Å². The molecule has 0 saturated carbocycles. The minimum absolute atomic E-state index is 0. The fourth-order valence-corrected chi connectivity index (χ4v) is 0.0581. The summed E-state index contributed by atoms with van der Waals surface area (Å²) < 4.78 is 0. The molecule has 0 aliphatic carbocycles. The Morgan fingerprint density at radius 3 is 2.29 bits per heavy atom. The Morgan fingerprint density at radius 1 is 1.86 bits per heavy atom. The summed E-state index contributed by atoms with van der Waals surface area (Å²) in [6.45, 7) is 0. The van der Waals surface area contributed by atoms with Crippen LogP contribution in [0.25, 0.3) is 0 Å². The maximum absolute atomic E-state index is 9.48. The number of carbonyl (C=O) groups is 2. The summed E-state index contributed by atoms with van der Waals surface area (Å²) in [4.78, 5) is 18.7. The fourth-order valence-electron chi connectivity index (χ4n) is 0.0581. The van der Waals surface area contributed by atoms with Crippen LogP contribution in [0.2, 0.25) is 0 Å². The van der Waals surface area contributed by atoms with Gasteiger partial charge in [0, 0.05) is 0 Å². The number of nitrogens with two attached hydrogens (primary N) is 1. The van der Waals surface area contributed by atoms with Gasteiger partial charge < -0.3 is 7.16 Å². The maximum Gasteiger partial charge on any atom is 1.00 e. The molecule has 0 atom stereocenters. The second-order valence-electron chi connectivity index (χ2n) is 0.626. The fraction of sp³-hybridized carbons (Fsp3) is 0. The number of rotatable bonds is 1. The molecule has 0 aromatic rings. The normalized spacial score (nSPS) is 5.71. The van der Waals surface area contributed by atoms with Gasteiger partial charge in [0.1, 0.15) is 0 Å². The van der Waals surface area contributed by atoms with Crippen molar-refractivity contribution in [1.82, 2.24) is 5.32 Å². The molecule has 0 saturated heterocycles. The van der Waals surface area contributed by atoms with Crippen molar-refractivity contribution in [2.24, 2.45) is 5.73 Å². The number of primary amides is 1. The topological polar surface area (TPSA) is 72.2 Å². The summed E-state index contributed by atoms with van der Waals surface area (Å²) >= 11 is 0. The second kappa shape index (κ2) is 5.94. The van der Waals surface area contributed by atoms with E-state index in [0.717, 1.165) is 0 Å². The molecule has 0 unspecified atom stereocenters. The van der Waals surface area contributed by atoms with Crippen molar-refractivity contribution >= 4 is 12.4 Å². The molecule has 0 heterocycles. The molecule has 3 amide bonds. The predicted molar refractivity (Wildman–Crippen MR) is 19.9 cm³/mol. The van der Waals surface area contributed by atoms with Crippen LogP contribution in [-0.2, 0) is 4.79 Å². The van der Waals surface area contributed by atoms with E-state index >= 15 is 0 Å². The van der Waals surface area contributed by atoms with Gasteiger partial charge in [0.25, 0.3) is 0 Å². The predicted octanol–water partition coefficient (Wildman–Crippen LogP) is -4.07. The second-order valence-corrected chi connectivity index (χ2v) is 0.626. The van der Waals surface area contributed by atoms with Crippen LogP contribution in [0.4, 0.5) is 4.79 Å². The van der Waals surface area contributed by atoms with Gasteiger partial charge in [-0.15, -0.1) is 0 Å². The molecule has 0 aliphatic rings. The number of hydrogen-bond donors (Lipinski definition) is 2. The first-order chi connectivity index (χ1) is 2.77. The van der Waals surface area contributed by atoms with Crippen molar-refractivity contribution in [2.75, 3.05) is 0 Å².